The van der Waals surface area contributed by atoms with Crippen LogP contribution in [0, 0.1) is 0 Å². The molecule has 1 fully saturated rings. The monoisotopic (exact) mass is 203 g/mol. The first-order valence-corrected chi connectivity index (χ1v) is 5.47. The zero-order valence-corrected chi connectivity index (χ0v) is 9.15. The van der Waals surface area contributed by atoms with Crippen LogP contribution in [-0.2, 0) is 10.2 Å². The van der Waals surface area contributed by atoms with Gasteiger partial charge in [0.25, 0.3) is 0 Å². The van der Waals surface area contributed by atoms with Gasteiger partial charge in [-0.05, 0) is 38.5 Å². The van der Waals surface area contributed by atoms with Crippen molar-refractivity contribution in [2.45, 2.75) is 18.3 Å². The van der Waals surface area contributed by atoms with Crippen LogP contribution in [0.15, 0.2) is 30.3 Å². The second-order valence-electron chi connectivity index (χ2n) is 4.44. The van der Waals surface area contributed by atoms with Gasteiger partial charge < -0.3 is 9.69 Å². The molecule has 0 bridgehead atoms. The molecule has 1 aromatic carbocycles. The van der Waals surface area contributed by atoms with Gasteiger partial charge in [-0.25, -0.2) is 0 Å². The number of hydrogen-bond acceptors (Lipinski definition) is 2. The summed E-state index contributed by atoms with van der Waals surface area (Å²) in [6.45, 7) is 2.02. The Balaban J connectivity index is 2.27. The fourth-order valence-electron chi connectivity index (χ4n) is 2.26. The van der Waals surface area contributed by atoms with Crippen LogP contribution in [0.3, 0.4) is 0 Å². The molecule has 1 aliphatic heterocycles. The van der Waals surface area contributed by atoms with Gasteiger partial charge in [0.15, 0.2) is 0 Å². The lowest BCUT2D eigenvalue weighted by atomic mass is 9.74. The third kappa shape index (κ3) is 1.95. The van der Waals surface area contributed by atoms with E-state index in [9.17, 15) is 4.79 Å². The largest absolute Gasteiger partial charge is 0.306 e. The molecule has 0 radical (unpaired) electrons. The minimum atomic E-state index is -0.228. The van der Waals surface area contributed by atoms with Crippen LogP contribution >= 0.6 is 0 Å². The smallest absolute Gasteiger partial charge is 0.130 e. The summed E-state index contributed by atoms with van der Waals surface area (Å²) in [6, 6.07) is 10.2. The first-order valence-electron chi connectivity index (χ1n) is 5.47. The van der Waals surface area contributed by atoms with Gasteiger partial charge in [-0.1, -0.05) is 30.3 Å². The number of carbonyl (C=O) groups is 1. The first kappa shape index (κ1) is 10.4. The molecule has 1 heterocycles. The number of rotatable bonds is 2. The number of hydrogen-bond donors (Lipinski definition) is 0. The fourth-order valence-corrected chi connectivity index (χ4v) is 2.26. The van der Waals surface area contributed by atoms with Crippen LogP contribution in [0.25, 0.3) is 0 Å². The highest BCUT2D eigenvalue weighted by atomic mass is 16.1. The molecule has 1 aliphatic rings. The lowest BCUT2D eigenvalue weighted by molar-refractivity contribution is -0.114. The van der Waals surface area contributed by atoms with Crippen molar-refractivity contribution in [2.75, 3.05) is 20.1 Å². The van der Waals surface area contributed by atoms with Crippen LogP contribution in [0.1, 0.15) is 18.4 Å². The molecular formula is C13H17NO. The molecule has 0 aliphatic carbocycles. The summed E-state index contributed by atoms with van der Waals surface area (Å²) in [5.74, 6) is 0. The molecule has 2 rings (SSSR count). The van der Waals surface area contributed by atoms with E-state index in [4.69, 9.17) is 0 Å². The molecule has 2 heteroatoms. The highest BCUT2D eigenvalue weighted by molar-refractivity contribution is 5.68. The molecular weight excluding hydrogens is 186 g/mol. The molecule has 0 amide bonds. The Morgan fingerprint density at radius 3 is 2.33 bits per heavy atom. The van der Waals surface area contributed by atoms with Crippen LogP contribution in [0.5, 0.6) is 0 Å². The van der Waals surface area contributed by atoms with E-state index < -0.39 is 0 Å². The molecule has 0 N–H and O–H groups in total. The Morgan fingerprint density at radius 2 is 1.80 bits per heavy atom. The predicted octanol–water partition coefficient (Wildman–Crippen LogP) is 1.85. The lowest BCUT2D eigenvalue weighted by Gasteiger charge is -2.36. The number of piperidine rings is 1. The zero-order valence-electron chi connectivity index (χ0n) is 9.15. The molecule has 15 heavy (non-hydrogen) atoms. The summed E-state index contributed by atoms with van der Waals surface area (Å²) in [5, 5.41) is 0. The van der Waals surface area contributed by atoms with E-state index in [1.165, 1.54) is 5.56 Å². The summed E-state index contributed by atoms with van der Waals surface area (Å²) < 4.78 is 0. The van der Waals surface area contributed by atoms with Crippen molar-refractivity contribution in [1.29, 1.82) is 0 Å². The first-order chi connectivity index (χ1) is 7.27. The number of nitrogens with zero attached hydrogens (tertiary/aromatic N) is 1. The standard InChI is InChI=1S/C13H17NO/c1-14-9-7-13(11-15,8-10-14)12-5-3-2-4-6-12/h2-6,11H,7-10H2,1H3. The van der Waals surface area contributed by atoms with Gasteiger partial charge in [0.2, 0.25) is 0 Å². The molecule has 0 spiro atoms. The van der Waals surface area contributed by atoms with Crippen molar-refractivity contribution >= 4 is 6.29 Å². The van der Waals surface area contributed by atoms with E-state index in [0.29, 0.717) is 0 Å². The second-order valence-corrected chi connectivity index (χ2v) is 4.44. The number of carbonyl (C=O) groups excluding carboxylic acids is 1. The summed E-state index contributed by atoms with van der Waals surface area (Å²) in [7, 11) is 2.11. The molecule has 2 nitrogen and oxygen atoms in total. The molecule has 0 saturated carbocycles. The maximum atomic E-state index is 11.4. The molecule has 1 saturated heterocycles. The van der Waals surface area contributed by atoms with Crippen molar-refractivity contribution in [2.24, 2.45) is 0 Å². The maximum absolute atomic E-state index is 11.4. The number of aldehydes is 1. The average molecular weight is 203 g/mol. The Labute approximate surface area is 90.9 Å². The molecule has 0 atom stereocenters. The van der Waals surface area contributed by atoms with Crippen LogP contribution < -0.4 is 0 Å². The minimum absolute atomic E-state index is 0.228. The lowest BCUT2D eigenvalue weighted by Crippen LogP contribution is -2.41. The van der Waals surface area contributed by atoms with Gasteiger partial charge in [0.05, 0.1) is 5.41 Å². The van der Waals surface area contributed by atoms with E-state index in [0.717, 1.165) is 32.2 Å². The average Bonchev–Trinajstić information content (AvgIpc) is 2.32. The summed E-state index contributed by atoms with van der Waals surface area (Å²) in [4.78, 5) is 13.7. The van der Waals surface area contributed by atoms with Crippen LogP contribution in [0.2, 0.25) is 0 Å². The van der Waals surface area contributed by atoms with Gasteiger partial charge in [-0.2, -0.15) is 0 Å². The van der Waals surface area contributed by atoms with Crippen molar-refractivity contribution in [3.05, 3.63) is 35.9 Å². The quantitative estimate of drug-likeness (QED) is 0.684. The van der Waals surface area contributed by atoms with Gasteiger partial charge >= 0.3 is 0 Å². The highest BCUT2D eigenvalue weighted by Gasteiger charge is 2.34. The van der Waals surface area contributed by atoms with Crippen molar-refractivity contribution in [3.63, 3.8) is 0 Å². The number of benzene rings is 1. The van der Waals surface area contributed by atoms with Gasteiger partial charge in [-0.15, -0.1) is 0 Å². The van der Waals surface area contributed by atoms with Gasteiger partial charge in [-0.3, -0.25) is 0 Å². The zero-order chi connectivity index (χ0) is 10.7. The Morgan fingerprint density at radius 1 is 1.20 bits per heavy atom. The van der Waals surface area contributed by atoms with Crippen molar-refractivity contribution in [1.82, 2.24) is 4.90 Å². The summed E-state index contributed by atoms with van der Waals surface area (Å²) in [6.07, 6.45) is 3.03. The van der Waals surface area contributed by atoms with Crippen LogP contribution in [0.4, 0.5) is 0 Å². The van der Waals surface area contributed by atoms with E-state index in [2.05, 4.69) is 24.1 Å². The Kier molecular flexibility index (Phi) is 2.87. The van der Waals surface area contributed by atoms with E-state index in [1.54, 1.807) is 0 Å². The summed E-state index contributed by atoms with van der Waals surface area (Å²) in [5.41, 5.74) is 0.946. The van der Waals surface area contributed by atoms with Crippen LogP contribution in [-0.4, -0.2) is 31.3 Å². The molecule has 80 valence electrons. The topological polar surface area (TPSA) is 20.3 Å². The van der Waals surface area contributed by atoms with Gasteiger partial charge in [0, 0.05) is 0 Å². The molecule has 1 aromatic rings. The summed E-state index contributed by atoms with van der Waals surface area (Å²) >= 11 is 0. The Bertz CT molecular complexity index is 326. The van der Waals surface area contributed by atoms with Crippen molar-refractivity contribution < 1.29 is 4.79 Å². The maximum Gasteiger partial charge on any atom is 0.130 e. The molecule has 0 aromatic heterocycles. The Hall–Kier alpha value is -1.15. The SMILES string of the molecule is CN1CCC(C=O)(c2ccccc2)CC1. The molecule has 0 unspecified atom stereocenters. The minimum Gasteiger partial charge on any atom is -0.306 e. The number of likely N-dealkylation sites (tertiary alicyclic amines) is 1. The normalized spacial score (nSPS) is 21.1. The van der Waals surface area contributed by atoms with E-state index in [1.807, 2.05) is 18.2 Å². The predicted molar refractivity (Wildman–Crippen MR) is 60.9 cm³/mol. The van der Waals surface area contributed by atoms with E-state index in [-0.39, 0.29) is 5.41 Å². The third-order valence-electron chi connectivity index (χ3n) is 3.45. The van der Waals surface area contributed by atoms with Crippen molar-refractivity contribution in [3.8, 4) is 0 Å². The van der Waals surface area contributed by atoms with E-state index >= 15 is 0 Å². The third-order valence-corrected chi connectivity index (χ3v) is 3.45. The highest BCUT2D eigenvalue weighted by Crippen LogP contribution is 2.32. The van der Waals surface area contributed by atoms with Gasteiger partial charge in [0.1, 0.15) is 6.29 Å². The fraction of sp³-hybridized carbons (Fsp3) is 0.462. The second kappa shape index (κ2) is 4.15.